The fraction of sp³-hybridized carbons (Fsp3) is 0.579. The molecular formula is C19H22F3N5OS. The van der Waals surface area contributed by atoms with Crippen molar-refractivity contribution in [2.45, 2.75) is 43.6 Å². The normalized spacial score (nSPS) is 27.4. The molecule has 3 aliphatic heterocycles. The van der Waals surface area contributed by atoms with Gasteiger partial charge < -0.3 is 10.2 Å². The second-order valence-corrected chi connectivity index (χ2v) is 8.93. The zero-order valence-electron chi connectivity index (χ0n) is 15.7. The lowest BCUT2D eigenvalue weighted by Gasteiger charge is -2.37. The minimum Gasteiger partial charge on any atom is -0.363 e. The summed E-state index contributed by atoms with van der Waals surface area (Å²) in [6.07, 6.45) is -2.39. The van der Waals surface area contributed by atoms with Crippen LogP contribution in [-0.2, 0) is 0 Å². The van der Waals surface area contributed by atoms with Crippen LogP contribution in [-0.4, -0.2) is 63.9 Å². The third kappa shape index (κ3) is 3.42. The largest absolute Gasteiger partial charge is 0.410 e. The Morgan fingerprint density at radius 1 is 1.28 bits per heavy atom. The number of hydrogen-bond donors (Lipinski definition) is 1. The van der Waals surface area contributed by atoms with Gasteiger partial charge in [0.05, 0.1) is 6.04 Å². The van der Waals surface area contributed by atoms with Crippen LogP contribution in [0.15, 0.2) is 23.6 Å². The second-order valence-electron chi connectivity index (χ2n) is 7.95. The standard InChI is InChI=1S/C19H22F3N5OS/c20-19(21,22)16-9-13(15-4-2-8-29-15)23-17-10-14(24-27(16)17)18(28)26-7-6-25-5-1-3-12(25)11-26/h2,4,8,10,12-13,16,23H,1,3,5-7,9,11H2/t12-,13+,16+/m1/s1. The molecular weight excluding hydrogens is 403 g/mol. The highest BCUT2D eigenvalue weighted by atomic mass is 32.1. The first-order valence-corrected chi connectivity index (χ1v) is 10.8. The maximum absolute atomic E-state index is 13.8. The third-order valence-corrected chi connectivity index (χ3v) is 7.16. The number of carbonyl (C=O) groups excluding carboxylic acids is 1. The number of anilines is 1. The monoisotopic (exact) mass is 425 g/mol. The molecule has 5 heterocycles. The molecule has 10 heteroatoms. The van der Waals surface area contributed by atoms with Crippen molar-refractivity contribution < 1.29 is 18.0 Å². The van der Waals surface area contributed by atoms with Gasteiger partial charge in [0.25, 0.3) is 5.91 Å². The second kappa shape index (κ2) is 7.02. The Labute approximate surface area is 170 Å². The molecule has 0 spiro atoms. The first-order chi connectivity index (χ1) is 13.9. The number of amides is 1. The molecule has 29 heavy (non-hydrogen) atoms. The van der Waals surface area contributed by atoms with Gasteiger partial charge in [-0.05, 0) is 30.8 Å². The molecule has 0 aliphatic carbocycles. The van der Waals surface area contributed by atoms with E-state index in [1.165, 1.54) is 17.4 Å². The summed E-state index contributed by atoms with van der Waals surface area (Å²) in [5.41, 5.74) is 0.0834. The van der Waals surface area contributed by atoms with Crippen LogP contribution in [0.1, 0.15) is 46.7 Å². The number of rotatable bonds is 2. The molecule has 0 unspecified atom stereocenters. The molecule has 1 N–H and O–H groups in total. The van der Waals surface area contributed by atoms with Gasteiger partial charge in [-0.3, -0.25) is 9.69 Å². The van der Waals surface area contributed by atoms with Gasteiger partial charge >= 0.3 is 6.18 Å². The van der Waals surface area contributed by atoms with E-state index in [2.05, 4.69) is 15.3 Å². The van der Waals surface area contributed by atoms with Crippen LogP contribution in [0, 0.1) is 0 Å². The number of nitrogens with one attached hydrogen (secondary N) is 1. The predicted octanol–water partition coefficient (Wildman–Crippen LogP) is 3.53. The van der Waals surface area contributed by atoms with E-state index in [1.807, 2.05) is 17.5 Å². The third-order valence-electron chi connectivity index (χ3n) is 6.17. The highest BCUT2D eigenvalue weighted by Crippen LogP contribution is 2.44. The average molecular weight is 425 g/mol. The Balaban J connectivity index is 1.42. The first kappa shape index (κ1) is 18.9. The number of piperazine rings is 1. The summed E-state index contributed by atoms with van der Waals surface area (Å²) in [6.45, 7) is 3.08. The number of halogens is 3. The van der Waals surface area contributed by atoms with Crippen molar-refractivity contribution in [2.24, 2.45) is 0 Å². The maximum atomic E-state index is 13.8. The summed E-state index contributed by atoms with van der Waals surface area (Å²) >= 11 is 1.42. The molecule has 0 radical (unpaired) electrons. The van der Waals surface area contributed by atoms with Crippen molar-refractivity contribution >= 4 is 23.1 Å². The topological polar surface area (TPSA) is 53.4 Å². The molecule has 5 rings (SSSR count). The molecule has 2 fully saturated rings. The van der Waals surface area contributed by atoms with Gasteiger partial charge in [-0.2, -0.15) is 18.3 Å². The quantitative estimate of drug-likeness (QED) is 0.800. The van der Waals surface area contributed by atoms with Crippen LogP contribution in [0.4, 0.5) is 19.0 Å². The van der Waals surface area contributed by atoms with Gasteiger partial charge in [0.1, 0.15) is 5.82 Å². The van der Waals surface area contributed by atoms with E-state index in [-0.39, 0.29) is 23.8 Å². The molecule has 1 amide bonds. The molecule has 3 aliphatic rings. The van der Waals surface area contributed by atoms with Crippen LogP contribution in [0.5, 0.6) is 0 Å². The zero-order chi connectivity index (χ0) is 20.2. The number of alkyl halides is 3. The number of nitrogens with zero attached hydrogens (tertiary/aromatic N) is 4. The highest BCUT2D eigenvalue weighted by molar-refractivity contribution is 7.10. The summed E-state index contributed by atoms with van der Waals surface area (Å²) in [6, 6.07) is 3.29. The summed E-state index contributed by atoms with van der Waals surface area (Å²) < 4.78 is 42.2. The lowest BCUT2D eigenvalue weighted by atomic mass is 10.0. The van der Waals surface area contributed by atoms with Crippen LogP contribution in [0.25, 0.3) is 0 Å². The smallest absolute Gasteiger partial charge is 0.363 e. The van der Waals surface area contributed by atoms with Gasteiger partial charge in [-0.1, -0.05) is 6.07 Å². The molecule has 0 bridgehead atoms. The molecule has 3 atom stereocenters. The number of fused-ring (bicyclic) bond motifs is 2. The van der Waals surface area contributed by atoms with Crippen molar-refractivity contribution in [3.8, 4) is 0 Å². The number of carbonyl (C=O) groups is 1. The lowest BCUT2D eigenvalue weighted by Crippen LogP contribution is -2.52. The van der Waals surface area contributed by atoms with E-state index < -0.39 is 18.3 Å². The maximum Gasteiger partial charge on any atom is 0.410 e. The summed E-state index contributed by atoms with van der Waals surface area (Å²) in [4.78, 5) is 18.0. The number of hydrogen-bond acceptors (Lipinski definition) is 5. The minimum atomic E-state index is -4.44. The Hall–Kier alpha value is -2.07. The van der Waals surface area contributed by atoms with Gasteiger partial charge in [-0.25, -0.2) is 4.68 Å². The van der Waals surface area contributed by atoms with E-state index in [0.717, 1.165) is 35.5 Å². The zero-order valence-corrected chi connectivity index (χ0v) is 16.5. The Bertz CT molecular complexity index is 896. The van der Waals surface area contributed by atoms with E-state index in [9.17, 15) is 18.0 Å². The minimum absolute atomic E-state index is 0.0834. The van der Waals surface area contributed by atoms with E-state index in [4.69, 9.17) is 0 Å². The Morgan fingerprint density at radius 2 is 2.14 bits per heavy atom. The molecule has 2 aromatic heterocycles. The fourth-order valence-corrected chi connectivity index (χ4v) is 5.48. The number of aromatic nitrogens is 2. The summed E-state index contributed by atoms with van der Waals surface area (Å²) in [5, 5.41) is 9.11. The highest BCUT2D eigenvalue weighted by Gasteiger charge is 2.47. The predicted molar refractivity (Wildman–Crippen MR) is 103 cm³/mol. The molecule has 156 valence electrons. The fourth-order valence-electron chi connectivity index (χ4n) is 4.69. The molecule has 6 nitrogen and oxygen atoms in total. The van der Waals surface area contributed by atoms with Crippen LogP contribution < -0.4 is 5.32 Å². The summed E-state index contributed by atoms with van der Waals surface area (Å²) in [5.74, 6) is -0.0336. The van der Waals surface area contributed by atoms with Crippen LogP contribution in [0.2, 0.25) is 0 Å². The molecule has 0 saturated carbocycles. The van der Waals surface area contributed by atoms with Gasteiger partial charge in [-0.15, -0.1) is 11.3 Å². The van der Waals surface area contributed by atoms with Gasteiger partial charge in [0.15, 0.2) is 11.7 Å². The molecule has 2 saturated heterocycles. The Kier molecular flexibility index (Phi) is 4.58. The van der Waals surface area contributed by atoms with Crippen molar-refractivity contribution in [3.63, 3.8) is 0 Å². The molecule has 2 aromatic rings. The lowest BCUT2D eigenvalue weighted by molar-refractivity contribution is -0.173. The van der Waals surface area contributed by atoms with Crippen molar-refractivity contribution in [2.75, 3.05) is 31.5 Å². The van der Waals surface area contributed by atoms with Crippen molar-refractivity contribution in [1.82, 2.24) is 19.6 Å². The van der Waals surface area contributed by atoms with Crippen LogP contribution in [0.3, 0.4) is 0 Å². The van der Waals surface area contributed by atoms with Crippen molar-refractivity contribution in [1.29, 1.82) is 0 Å². The van der Waals surface area contributed by atoms with E-state index in [1.54, 1.807) is 4.90 Å². The first-order valence-electron chi connectivity index (χ1n) is 9.89. The van der Waals surface area contributed by atoms with Gasteiger partial charge in [0, 0.05) is 43.0 Å². The van der Waals surface area contributed by atoms with Crippen molar-refractivity contribution in [3.05, 3.63) is 34.2 Å². The Morgan fingerprint density at radius 3 is 2.90 bits per heavy atom. The van der Waals surface area contributed by atoms with E-state index in [0.29, 0.717) is 19.1 Å². The molecule has 0 aromatic carbocycles. The SMILES string of the molecule is O=C(c1cc2n(n1)[C@H](C(F)(F)F)C[C@@H](c1cccs1)N2)N1CCN2CCC[C@@H]2C1. The average Bonchev–Trinajstić information content (AvgIpc) is 3.44. The summed E-state index contributed by atoms with van der Waals surface area (Å²) in [7, 11) is 0. The number of thiophene rings is 1. The van der Waals surface area contributed by atoms with E-state index >= 15 is 0 Å². The van der Waals surface area contributed by atoms with Gasteiger partial charge in [0.2, 0.25) is 0 Å². The van der Waals surface area contributed by atoms with Crippen LogP contribution >= 0.6 is 11.3 Å².